The second kappa shape index (κ2) is 10.9. The lowest BCUT2D eigenvalue weighted by Crippen LogP contribution is -2.26. The molecule has 1 aromatic carbocycles. The molecule has 3 aromatic rings. The van der Waals surface area contributed by atoms with Crippen molar-refractivity contribution in [1.82, 2.24) is 20.2 Å². The molecule has 1 fully saturated rings. The van der Waals surface area contributed by atoms with Gasteiger partial charge in [-0.1, -0.05) is 18.2 Å². The van der Waals surface area contributed by atoms with Crippen LogP contribution in [-0.4, -0.2) is 46.3 Å². The molecular weight excluding hydrogens is 440 g/mol. The van der Waals surface area contributed by atoms with E-state index in [4.69, 9.17) is 0 Å². The molecule has 2 amide bonds. The summed E-state index contributed by atoms with van der Waals surface area (Å²) in [4.78, 5) is 46.5. The molecule has 1 unspecified atom stereocenters. The van der Waals surface area contributed by atoms with Crippen LogP contribution in [0.1, 0.15) is 39.9 Å². The van der Waals surface area contributed by atoms with Gasteiger partial charge in [0, 0.05) is 37.0 Å². The van der Waals surface area contributed by atoms with E-state index < -0.39 is 0 Å². The predicted octanol–water partition coefficient (Wildman–Crippen LogP) is 3.68. The van der Waals surface area contributed by atoms with Gasteiger partial charge in [-0.2, -0.15) is 0 Å². The number of pyridine rings is 1. The van der Waals surface area contributed by atoms with Crippen LogP contribution in [0.15, 0.2) is 59.2 Å². The molecule has 3 heterocycles. The van der Waals surface area contributed by atoms with Gasteiger partial charge in [0.05, 0.1) is 22.9 Å². The highest BCUT2D eigenvalue weighted by Crippen LogP contribution is 2.30. The summed E-state index contributed by atoms with van der Waals surface area (Å²) >= 11 is 1.50. The van der Waals surface area contributed by atoms with E-state index >= 15 is 0 Å². The fourth-order valence-electron chi connectivity index (χ4n) is 3.71. The average Bonchev–Trinajstić information content (AvgIpc) is 3.52. The average molecular weight is 465 g/mol. The van der Waals surface area contributed by atoms with Crippen molar-refractivity contribution in [3.05, 3.63) is 75.3 Å². The van der Waals surface area contributed by atoms with E-state index in [1.165, 1.54) is 11.3 Å². The van der Waals surface area contributed by atoms with Crippen LogP contribution < -0.4 is 10.6 Å². The number of carbonyl (C=O) groups excluding carboxylic acids is 2. The zero-order valence-corrected chi connectivity index (χ0v) is 18.8. The van der Waals surface area contributed by atoms with Gasteiger partial charge in [0.2, 0.25) is 5.91 Å². The van der Waals surface area contributed by atoms with Gasteiger partial charge in [-0.3, -0.25) is 14.6 Å². The molecule has 33 heavy (non-hydrogen) atoms. The molecule has 1 aliphatic heterocycles. The number of hydrogen-bond donors (Lipinski definition) is 2. The van der Waals surface area contributed by atoms with Gasteiger partial charge in [0.25, 0.3) is 5.91 Å². The molecule has 9 nitrogen and oxygen atoms in total. The molecule has 2 aromatic heterocycles. The van der Waals surface area contributed by atoms with Crippen LogP contribution in [0.5, 0.6) is 0 Å². The number of nitrogens with zero attached hydrogens (tertiary/aromatic N) is 4. The highest BCUT2D eigenvalue weighted by atomic mass is 32.1. The van der Waals surface area contributed by atoms with Crippen LogP contribution in [-0.2, 0) is 11.3 Å². The Kier molecular flexibility index (Phi) is 7.48. The fourth-order valence-corrected chi connectivity index (χ4v) is 4.64. The summed E-state index contributed by atoms with van der Waals surface area (Å²) in [5, 5.41) is 11.3. The summed E-state index contributed by atoms with van der Waals surface area (Å²) in [6, 6.07) is 12.2. The quantitative estimate of drug-likeness (QED) is 0.467. The minimum atomic E-state index is -0.209. The third-order valence-electron chi connectivity index (χ3n) is 5.46. The van der Waals surface area contributed by atoms with E-state index in [1.807, 2.05) is 18.2 Å². The maximum Gasteiger partial charge on any atom is 0.271 e. The van der Waals surface area contributed by atoms with Crippen LogP contribution >= 0.6 is 11.3 Å². The number of anilines is 1. The van der Waals surface area contributed by atoms with Gasteiger partial charge in [0.15, 0.2) is 0 Å². The van der Waals surface area contributed by atoms with Crippen LogP contribution in [0.4, 0.5) is 11.4 Å². The van der Waals surface area contributed by atoms with E-state index in [1.54, 1.807) is 35.8 Å². The summed E-state index contributed by atoms with van der Waals surface area (Å²) in [6.07, 6.45) is 2.94. The molecule has 1 aliphatic rings. The number of hydrogen-bond acceptors (Lipinski definition) is 8. The summed E-state index contributed by atoms with van der Waals surface area (Å²) in [5.41, 5.74) is 1.86. The third kappa shape index (κ3) is 6.05. The smallest absolute Gasteiger partial charge is 0.271 e. The fraction of sp³-hybridized carbons (Fsp3) is 0.304. The Labute approximate surface area is 195 Å². The Morgan fingerprint density at radius 3 is 2.85 bits per heavy atom. The first kappa shape index (κ1) is 22.7. The number of amides is 2. The van der Waals surface area contributed by atoms with Crippen molar-refractivity contribution in [2.75, 3.05) is 25.0 Å². The first-order valence-corrected chi connectivity index (χ1v) is 11.6. The number of likely N-dealkylation sites (tertiary alicyclic amines) is 1. The zero-order chi connectivity index (χ0) is 23.0. The van der Waals surface area contributed by atoms with Crippen molar-refractivity contribution in [3.8, 4) is 0 Å². The maximum atomic E-state index is 12.4. The number of para-hydroxylation sites is 1. The van der Waals surface area contributed by atoms with Gasteiger partial charge >= 0.3 is 0 Å². The van der Waals surface area contributed by atoms with Gasteiger partial charge in [-0.05, 0) is 42.4 Å². The standard InChI is InChI=1S/C23H24N6O3S/c30-21(26-18-6-1-2-7-19(18)28-32)9-12-29-11-8-16(14-29)23-27-20(15-33-23)22(31)25-13-17-5-3-4-10-24-17/h1-7,10,15-16H,8-9,11-14H2,(H,25,31)(H,26,30). The molecule has 0 bridgehead atoms. The molecule has 4 rings (SSSR count). The number of rotatable bonds is 9. The molecule has 170 valence electrons. The molecule has 2 N–H and O–H groups in total. The lowest BCUT2D eigenvalue weighted by Gasteiger charge is -2.15. The molecule has 10 heteroatoms. The Bertz CT molecular complexity index is 1120. The number of thiazole rings is 1. The summed E-state index contributed by atoms with van der Waals surface area (Å²) in [6.45, 7) is 2.63. The topological polar surface area (TPSA) is 117 Å². The molecule has 0 saturated carbocycles. The second-order valence-corrected chi connectivity index (χ2v) is 8.66. The number of carbonyl (C=O) groups is 2. The molecule has 1 atom stereocenters. The van der Waals surface area contributed by atoms with E-state index in [-0.39, 0.29) is 23.4 Å². The predicted molar refractivity (Wildman–Crippen MR) is 126 cm³/mol. The number of aromatic nitrogens is 2. The molecule has 0 spiro atoms. The third-order valence-corrected chi connectivity index (χ3v) is 6.47. The van der Waals surface area contributed by atoms with E-state index in [0.717, 1.165) is 30.2 Å². The first-order chi connectivity index (χ1) is 16.1. The van der Waals surface area contributed by atoms with Gasteiger partial charge in [0.1, 0.15) is 11.4 Å². The lowest BCUT2D eigenvalue weighted by molar-refractivity contribution is -0.116. The van der Waals surface area contributed by atoms with E-state index in [0.29, 0.717) is 30.9 Å². The summed E-state index contributed by atoms with van der Waals surface area (Å²) < 4.78 is 0. The van der Waals surface area contributed by atoms with Crippen molar-refractivity contribution < 1.29 is 9.59 Å². The lowest BCUT2D eigenvalue weighted by atomic mass is 10.1. The van der Waals surface area contributed by atoms with Crippen LogP contribution in [0.25, 0.3) is 0 Å². The Balaban J connectivity index is 1.23. The first-order valence-electron chi connectivity index (χ1n) is 10.7. The molecule has 1 saturated heterocycles. The van der Waals surface area contributed by atoms with E-state index in [9.17, 15) is 14.5 Å². The van der Waals surface area contributed by atoms with Crippen LogP contribution in [0.3, 0.4) is 0 Å². The number of nitroso groups, excluding NO2 is 1. The summed E-state index contributed by atoms with van der Waals surface area (Å²) in [5.74, 6) is -0.120. The molecule has 0 radical (unpaired) electrons. The summed E-state index contributed by atoms with van der Waals surface area (Å²) in [7, 11) is 0. The minimum absolute atomic E-state index is 0.157. The minimum Gasteiger partial charge on any atom is -0.345 e. The Morgan fingerprint density at radius 1 is 1.18 bits per heavy atom. The number of nitrogens with one attached hydrogen (secondary N) is 2. The Hall–Kier alpha value is -3.50. The highest BCUT2D eigenvalue weighted by Gasteiger charge is 2.27. The van der Waals surface area contributed by atoms with Crippen LogP contribution in [0, 0.1) is 4.91 Å². The number of benzene rings is 1. The van der Waals surface area contributed by atoms with Gasteiger partial charge in [-0.15, -0.1) is 16.2 Å². The normalized spacial score (nSPS) is 15.8. The largest absolute Gasteiger partial charge is 0.345 e. The maximum absolute atomic E-state index is 12.4. The van der Waals surface area contributed by atoms with Crippen molar-refractivity contribution in [2.24, 2.45) is 5.18 Å². The van der Waals surface area contributed by atoms with Gasteiger partial charge < -0.3 is 15.5 Å². The van der Waals surface area contributed by atoms with Gasteiger partial charge in [-0.25, -0.2) is 4.98 Å². The van der Waals surface area contributed by atoms with E-state index in [2.05, 4.69) is 30.7 Å². The van der Waals surface area contributed by atoms with Crippen molar-refractivity contribution in [3.63, 3.8) is 0 Å². The Morgan fingerprint density at radius 2 is 2.03 bits per heavy atom. The van der Waals surface area contributed by atoms with Crippen molar-refractivity contribution in [1.29, 1.82) is 0 Å². The molecular formula is C23H24N6O3S. The highest BCUT2D eigenvalue weighted by molar-refractivity contribution is 7.09. The van der Waals surface area contributed by atoms with Crippen molar-refractivity contribution >= 4 is 34.5 Å². The van der Waals surface area contributed by atoms with Crippen LogP contribution in [0.2, 0.25) is 0 Å². The second-order valence-electron chi connectivity index (χ2n) is 7.77. The molecule has 0 aliphatic carbocycles. The SMILES string of the molecule is O=Nc1ccccc1NC(=O)CCN1CCC(c2nc(C(=O)NCc3ccccn3)cs2)C1. The monoisotopic (exact) mass is 464 g/mol. The van der Waals surface area contributed by atoms with Crippen molar-refractivity contribution in [2.45, 2.75) is 25.3 Å². The zero-order valence-electron chi connectivity index (χ0n) is 17.9.